The first-order valence-electron chi connectivity index (χ1n) is 7.89. The Hall–Kier alpha value is -3.00. The van der Waals surface area contributed by atoms with E-state index in [4.69, 9.17) is 0 Å². The second kappa shape index (κ2) is 7.92. The van der Waals surface area contributed by atoms with E-state index in [1.54, 1.807) is 30.5 Å². The zero-order valence-corrected chi connectivity index (χ0v) is 15.2. The molecule has 1 N–H and O–H groups in total. The van der Waals surface area contributed by atoms with Gasteiger partial charge in [-0.25, -0.2) is 0 Å². The number of hydrogen-bond donors (Lipinski definition) is 1. The molecule has 0 spiro atoms. The number of carbonyl (C=O) groups is 2. The maximum Gasteiger partial charge on any atom is 0.234 e. The van der Waals surface area contributed by atoms with Gasteiger partial charge in [-0.3, -0.25) is 14.6 Å². The summed E-state index contributed by atoms with van der Waals surface area (Å²) in [6.07, 6.45) is 1.70. The molecule has 0 fully saturated rings. The van der Waals surface area contributed by atoms with E-state index in [9.17, 15) is 9.59 Å². The maximum atomic E-state index is 12.1. The van der Waals surface area contributed by atoms with Gasteiger partial charge in [-0.1, -0.05) is 17.8 Å². The molecule has 2 aromatic heterocycles. The Kier molecular flexibility index (Phi) is 5.43. The molecule has 0 bridgehead atoms. The predicted molar refractivity (Wildman–Crippen MR) is 100 cm³/mol. The molecule has 0 aliphatic rings. The number of rotatable bonds is 6. The maximum absolute atomic E-state index is 12.1. The second-order valence-corrected chi connectivity index (χ2v) is 6.49. The summed E-state index contributed by atoms with van der Waals surface area (Å²) in [6.45, 7) is 1.50. The Labute approximate surface area is 154 Å². The molecule has 2 heterocycles. The molecule has 1 aromatic carbocycles. The third-order valence-corrected chi connectivity index (χ3v) is 4.66. The number of ketones is 1. The lowest BCUT2D eigenvalue weighted by Crippen LogP contribution is -2.14. The van der Waals surface area contributed by atoms with Crippen LogP contribution in [-0.2, 0) is 11.8 Å². The van der Waals surface area contributed by atoms with E-state index in [2.05, 4.69) is 20.5 Å². The van der Waals surface area contributed by atoms with E-state index in [1.807, 2.05) is 29.8 Å². The molecule has 3 rings (SSSR count). The number of Topliss-reactive ketones (excluding diaryl/α,β-unsaturated/α-hetero) is 1. The molecule has 7 nitrogen and oxygen atoms in total. The van der Waals surface area contributed by atoms with Crippen LogP contribution in [0, 0.1) is 0 Å². The van der Waals surface area contributed by atoms with Crippen molar-refractivity contribution >= 4 is 29.1 Å². The second-order valence-electron chi connectivity index (χ2n) is 5.55. The molecule has 0 aliphatic carbocycles. The van der Waals surface area contributed by atoms with Crippen molar-refractivity contribution in [3.8, 4) is 11.5 Å². The van der Waals surface area contributed by atoms with Gasteiger partial charge in [-0.2, -0.15) is 0 Å². The van der Waals surface area contributed by atoms with Crippen molar-refractivity contribution in [2.24, 2.45) is 7.05 Å². The molecule has 0 unspecified atom stereocenters. The number of pyridine rings is 1. The molecular weight excluding hydrogens is 350 g/mol. The molecular formula is C18H17N5O2S. The smallest absolute Gasteiger partial charge is 0.234 e. The largest absolute Gasteiger partial charge is 0.325 e. The van der Waals surface area contributed by atoms with E-state index < -0.39 is 0 Å². The number of nitrogens with one attached hydrogen (secondary N) is 1. The highest BCUT2D eigenvalue weighted by molar-refractivity contribution is 7.99. The van der Waals surface area contributed by atoms with Gasteiger partial charge in [-0.15, -0.1) is 10.2 Å². The molecule has 1 amide bonds. The third-order valence-electron chi connectivity index (χ3n) is 3.64. The summed E-state index contributed by atoms with van der Waals surface area (Å²) in [6, 6.07) is 12.4. The standard InChI is InChI=1S/C18H17N5O2S/c1-12(24)13-6-8-14(9-7-13)20-16(25)11-26-18-22-21-17(23(18)2)15-5-3-4-10-19-15/h3-10H,11H2,1-2H3,(H,20,25). The van der Waals surface area contributed by atoms with Gasteiger partial charge in [0.2, 0.25) is 5.91 Å². The normalized spacial score (nSPS) is 10.5. The minimum Gasteiger partial charge on any atom is -0.325 e. The van der Waals surface area contributed by atoms with Crippen molar-refractivity contribution in [3.05, 3.63) is 54.2 Å². The molecule has 8 heteroatoms. The van der Waals surface area contributed by atoms with Gasteiger partial charge in [0.1, 0.15) is 5.69 Å². The number of nitrogens with zero attached hydrogens (tertiary/aromatic N) is 4. The van der Waals surface area contributed by atoms with E-state index in [1.165, 1.54) is 18.7 Å². The van der Waals surface area contributed by atoms with Crippen molar-refractivity contribution < 1.29 is 9.59 Å². The Morgan fingerprint density at radius 2 is 1.88 bits per heavy atom. The summed E-state index contributed by atoms with van der Waals surface area (Å²) in [5.41, 5.74) is 1.98. The fraction of sp³-hybridized carbons (Fsp3) is 0.167. The molecule has 26 heavy (non-hydrogen) atoms. The number of benzene rings is 1. The molecule has 0 saturated heterocycles. The minimum absolute atomic E-state index is 0.00979. The zero-order valence-electron chi connectivity index (χ0n) is 14.3. The van der Waals surface area contributed by atoms with Crippen LogP contribution in [0.4, 0.5) is 5.69 Å². The number of amides is 1. The minimum atomic E-state index is -0.159. The van der Waals surface area contributed by atoms with E-state index in [0.717, 1.165) is 5.69 Å². The van der Waals surface area contributed by atoms with Gasteiger partial charge < -0.3 is 9.88 Å². The van der Waals surface area contributed by atoms with Gasteiger partial charge in [-0.05, 0) is 43.3 Å². The van der Waals surface area contributed by atoms with Crippen LogP contribution < -0.4 is 5.32 Å². The summed E-state index contributed by atoms with van der Waals surface area (Å²) in [4.78, 5) is 27.6. The fourth-order valence-electron chi connectivity index (χ4n) is 2.27. The number of thioether (sulfide) groups is 1. The van der Waals surface area contributed by atoms with Gasteiger partial charge in [0, 0.05) is 24.5 Å². The Balaban J connectivity index is 1.60. The van der Waals surface area contributed by atoms with Gasteiger partial charge >= 0.3 is 0 Å². The predicted octanol–water partition coefficient (Wildman–Crippen LogP) is 2.81. The van der Waals surface area contributed by atoms with Crippen LogP contribution in [0.5, 0.6) is 0 Å². The SMILES string of the molecule is CC(=O)c1ccc(NC(=O)CSc2nnc(-c3ccccn3)n2C)cc1. The van der Waals surface area contributed by atoms with Crippen molar-refractivity contribution in [1.82, 2.24) is 19.7 Å². The van der Waals surface area contributed by atoms with Crippen LogP contribution >= 0.6 is 11.8 Å². The Bertz CT molecular complexity index is 923. The molecule has 0 saturated carbocycles. The number of anilines is 1. The number of carbonyl (C=O) groups excluding carboxylic acids is 2. The number of hydrogen-bond acceptors (Lipinski definition) is 6. The van der Waals surface area contributed by atoms with Crippen LogP contribution in [0.2, 0.25) is 0 Å². The highest BCUT2D eigenvalue weighted by atomic mass is 32.2. The average molecular weight is 367 g/mol. The average Bonchev–Trinajstić information content (AvgIpc) is 3.02. The van der Waals surface area contributed by atoms with Crippen molar-refractivity contribution in [2.45, 2.75) is 12.1 Å². The van der Waals surface area contributed by atoms with Gasteiger partial charge in [0.05, 0.1) is 5.75 Å². The fourth-order valence-corrected chi connectivity index (χ4v) is 2.99. The molecule has 0 aliphatic heterocycles. The lowest BCUT2D eigenvalue weighted by Gasteiger charge is -2.06. The Morgan fingerprint density at radius 1 is 1.12 bits per heavy atom. The Morgan fingerprint density at radius 3 is 2.54 bits per heavy atom. The molecule has 132 valence electrons. The van der Waals surface area contributed by atoms with Gasteiger partial charge in [0.15, 0.2) is 16.8 Å². The summed E-state index contributed by atoms with van der Waals surface area (Å²) in [7, 11) is 1.84. The van der Waals surface area contributed by atoms with E-state index in [0.29, 0.717) is 22.2 Å². The van der Waals surface area contributed by atoms with Gasteiger partial charge in [0.25, 0.3) is 0 Å². The summed E-state index contributed by atoms with van der Waals surface area (Å²) >= 11 is 1.29. The summed E-state index contributed by atoms with van der Waals surface area (Å²) < 4.78 is 1.81. The highest BCUT2D eigenvalue weighted by Crippen LogP contribution is 2.21. The van der Waals surface area contributed by atoms with Crippen molar-refractivity contribution in [2.75, 3.05) is 11.1 Å². The summed E-state index contributed by atoms with van der Waals surface area (Å²) in [5.74, 6) is 0.675. The van der Waals surface area contributed by atoms with Crippen LogP contribution in [0.1, 0.15) is 17.3 Å². The van der Waals surface area contributed by atoms with E-state index in [-0.39, 0.29) is 17.4 Å². The quantitative estimate of drug-likeness (QED) is 0.532. The first-order chi connectivity index (χ1) is 12.5. The molecule has 0 atom stereocenters. The first kappa shape index (κ1) is 17.8. The lowest BCUT2D eigenvalue weighted by molar-refractivity contribution is -0.113. The van der Waals surface area contributed by atoms with E-state index >= 15 is 0 Å². The number of aromatic nitrogens is 4. The molecule has 3 aromatic rings. The lowest BCUT2D eigenvalue weighted by atomic mass is 10.1. The van der Waals surface area contributed by atoms with Crippen molar-refractivity contribution in [1.29, 1.82) is 0 Å². The van der Waals surface area contributed by atoms with Crippen molar-refractivity contribution in [3.63, 3.8) is 0 Å². The monoisotopic (exact) mass is 367 g/mol. The van der Waals surface area contributed by atoms with Crippen LogP contribution in [0.25, 0.3) is 11.5 Å². The van der Waals surface area contributed by atoms with Crippen LogP contribution in [-0.4, -0.2) is 37.2 Å². The zero-order chi connectivity index (χ0) is 18.5. The highest BCUT2D eigenvalue weighted by Gasteiger charge is 2.13. The summed E-state index contributed by atoms with van der Waals surface area (Å²) in [5, 5.41) is 11.7. The van der Waals surface area contributed by atoms with Crippen LogP contribution in [0.3, 0.4) is 0 Å². The molecule has 0 radical (unpaired) electrons. The topological polar surface area (TPSA) is 89.8 Å². The van der Waals surface area contributed by atoms with Crippen LogP contribution in [0.15, 0.2) is 53.8 Å². The first-order valence-corrected chi connectivity index (χ1v) is 8.87. The third kappa shape index (κ3) is 4.15.